The molecule has 1 N–H and O–H groups in total. The second-order valence-corrected chi connectivity index (χ2v) is 6.90. The highest BCUT2D eigenvalue weighted by Gasteiger charge is 2.06. The molecule has 0 atom stereocenters. The van der Waals surface area contributed by atoms with Crippen molar-refractivity contribution >= 4 is 5.71 Å². The highest BCUT2D eigenvalue weighted by Crippen LogP contribution is 2.17. The topological polar surface area (TPSA) is 32.6 Å². The maximum absolute atomic E-state index is 9.27. The zero-order valence-electron chi connectivity index (χ0n) is 15.4. The molecule has 0 spiro atoms. The van der Waals surface area contributed by atoms with E-state index in [1.165, 1.54) is 56.9 Å². The summed E-state index contributed by atoms with van der Waals surface area (Å²) in [5, 5.41) is 12.8. The van der Waals surface area contributed by atoms with E-state index < -0.39 is 0 Å². The van der Waals surface area contributed by atoms with E-state index in [-0.39, 0.29) is 0 Å². The van der Waals surface area contributed by atoms with Gasteiger partial charge in [-0.25, -0.2) is 0 Å². The Labute approximate surface area is 143 Å². The van der Waals surface area contributed by atoms with Gasteiger partial charge in [-0.2, -0.15) is 0 Å². The molecule has 0 aromatic heterocycles. The summed E-state index contributed by atoms with van der Waals surface area (Å²) < 4.78 is 0. The normalized spacial score (nSPS) is 12.1. The molecular formula is C21H35NO. The lowest BCUT2D eigenvalue weighted by atomic mass is 9.98. The van der Waals surface area contributed by atoms with Gasteiger partial charge in [0.1, 0.15) is 0 Å². The highest BCUT2D eigenvalue weighted by atomic mass is 16.4. The van der Waals surface area contributed by atoms with Crippen LogP contribution in [0.5, 0.6) is 0 Å². The standard InChI is InChI=1S/C21H35NO/c1-4-5-6-7-8-9-10-11-12-13-21(22-23)20-16-14-19(15-17-20)18(2)3/h14-18,23H,4-13H2,1-3H3. The SMILES string of the molecule is CCCCCCCCCCCC(=NO)c1ccc(C(C)C)cc1. The van der Waals surface area contributed by atoms with Gasteiger partial charge in [-0.15, -0.1) is 0 Å². The van der Waals surface area contributed by atoms with E-state index in [1.54, 1.807) is 0 Å². The average molecular weight is 318 g/mol. The van der Waals surface area contributed by atoms with Crippen molar-refractivity contribution in [3.05, 3.63) is 35.4 Å². The first kappa shape index (κ1) is 19.7. The van der Waals surface area contributed by atoms with Gasteiger partial charge in [0.25, 0.3) is 0 Å². The van der Waals surface area contributed by atoms with Crippen LogP contribution in [-0.4, -0.2) is 10.9 Å². The molecular weight excluding hydrogens is 282 g/mol. The Bertz CT molecular complexity index is 434. The van der Waals surface area contributed by atoms with Gasteiger partial charge >= 0.3 is 0 Å². The fourth-order valence-electron chi connectivity index (χ4n) is 2.92. The van der Waals surface area contributed by atoms with Crippen LogP contribution in [0.2, 0.25) is 0 Å². The van der Waals surface area contributed by atoms with Gasteiger partial charge in [0.15, 0.2) is 0 Å². The number of nitrogens with zero attached hydrogens (tertiary/aromatic N) is 1. The zero-order chi connectivity index (χ0) is 16.9. The second kappa shape index (κ2) is 12.2. The van der Waals surface area contributed by atoms with Crippen molar-refractivity contribution in [1.82, 2.24) is 0 Å². The van der Waals surface area contributed by atoms with Crippen molar-refractivity contribution in [3.8, 4) is 0 Å². The molecule has 0 aliphatic rings. The molecule has 0 unspecified atom stereocenters. The van der Waals surface area contributed by atoms with Crippen molar-refractivity contribution in [3.63, 3.8) is 0 Å². The van der Waals surface area contributed by atoms with Gasteiger partial charge in [-0.05, 0) is 29.9 Å². The summed E-state index contributed by atoms with van der Waals surface area (Å²) in [6.45, 7) is 6.65. The van der Waals surface area contributed by atoms with E-state index in [9.17, 15) is 5.21 Å². The molecule has 1 aromatic carbocycles. The predicted octanol–water partition coefficient (Wildman–Crippen LogP) is 6.91. The highest BCUT2D eigenvalue weighted by molar-refractivity contribution is 6.00. The van der Waals surface area contributed by atoms with Gasteiger partial charge in [0, 0.05) is 0 Å². The first-order valence-electron chi connectivity index (χ1n) is 9.50. The number of hydrogen-bond donors (Lipinski definition) is 1. The minimum Gasteiger partial charge on any atom is -0.411 e. The van der Waals surface area contributed by atoms with Crippen LogP contribution in [0, 0.1) is 0 Å². The fourth-order valence-corrected chi connectivity index (χ4v) is 2.92. The lowest BCUT2D eigenvalue weighted by Crippen LogP contribution is -2.01. The molecule has 0 amide bonds. The molecule has 1 rings (SSSR count). The van der Waals surface area contributed by atoms with Crippen LogP contribution in [0.3, 0.4) is 0 Å². The second-order valence-electron chi connectivity index (χ2n) is 6.90. The summed E-state index contributed by atoms with van der Waals surface area (Å²) >= 11 is 0. The Morgan fingerprint density at radius 3 is 1.87 bits per heavy atom. The third-order valence-corrected chi connectivity index (χ3v) is 4.55. The number of hydrogen-bond acceptors (Lipinski definition) is 2. The maximum Gasteiger partial charge on any atom is 0.0867 e. The molecule has 2 nitrogen and oxygen atoms in total. The third kappa shape index (κ3) is 8.20. The van der Waals surface area contributed by atoms with Crippen LogP contribution in [0.4, 0.5) is 0 Å². The summed E-state index contributed by atoms with van der Waals surface area (Å²) in [6.07, 6.45) is 12.7. The van der Waals surface area contributed by atoms with Crippen molar-refractivity contribution in [2.45, 2.75) is 90.9 Å². The Morgan fingerprint density at radius 2 is 1.39 bits per heavy atom. The summed E-state index contributed by atoms with van der Waals surface area (Å²) in [5.74, 6) is 0.538. The molecule has 0 aliphatic carbocycles. The summed E-state index contributed by atoms with van der Waals surface area (Å²) in [7, 11) is 0. The quantitative estimate of drug-likeness (QED) is 0.193. The smallest absolute Gasteiger partial charge is 0.0867 e. The number of unbranched alkanes of at least 4 members (excludes halogenated alkanes) is 8. The Morgan fingerprint density at radius 1 is 0.870 bits per heavy atom. The molecule has 23 heavy (non-hydrogen) atoms. The monoisotopic (exact) mass is 317 g/mol. The summed E-state index contributed by atoms with van der Waals surface area (Å²) in [4.78, 5) is 0. The lowest BCUT2D eigenvalue weighted by molar-refractivity contribution is 0.317. The molecule has 0 fully saturated rings. The van der Waals surface area contributed by atoms with Crippen LogP contribution in [0.15, 0.2) is 29.4 Å². The average Bonchev–Trinajstić information content (AvgIpc) is 2.57. The van der Waals surface area contributed by atoms with E-state index in [2.05, 4.69) is 50.2 Å². The van der Waals surface area contributed by atoms with Crippen LogP contribution >= 0.6 is 0 Å². The molecule has 0 bridgehead atoms. The van der Waals surface area contributed by atoms with E-state index in [0.717, 1.165) is 24.1 Å². The molecule has 0 radical (unpaired) electrons. The number of benzene rings is 1. The van der Waals surface area contributed by atoms with E-state index in [0.29, 0.717) is 5.92 Å². The first-order valence-corrected chi connectivity index (χ1v) is 9.50. The molecule has 130 valence electrons. The van der Waals surface area contributed by atoms with Crippen molar-refractivity contribution in [2.24, 2.45) is 5.16 Å². The molecule has 1 aromatic rings. The Balaban J connectivity index is 2.22. The summed E-state index contributed by atoms with van der Waals surface area (Å²) in [6, 6.07) is 8.44. The van der Waals surface area contributed by atoms with Crippen LogP contribution in [0.1, 0.15) is 102 Å². The number of oxime groups is 1. The lowest BCUT2D eigenvalue weighted by Gasteiger charge is -2.08. The molecule has 0 saturated carbocycles. The van der Waals surface area contributed by atoms with Gasteiger partial charge in [0.05, 0.1) is 5.71 Å². The van der Waals surface area contributed by atoms with Gasteiger partial charge in [-0.3, -0.25) is 0 Å². The van der Waals surface area contributed by atoms with Gasteiger partial charge < -0.3 is 5.21 Å². The Kier molecular flexibility index (Phi) is 10.4. The molecule has 0 aliphatic heterocycles. The van der Waals surface area contributed by atoms with Crippen molar-refractivity contribution in [2.75, 3.05) is 0 Å². The molecule has 0 saturated heterocycles. The van der Waals surface area contributed by atoms with Crippen LogP contribution in [-0.2, 0) is 0 Å². The molecule has 0 heterocycles. The van der Waals surface area contributed by atoms with Crippen molar-refractivity contribution < 1.29 is 5.21 Å². The number of rotatable bonds is 12. The maximum atomic E-state index is 9.27. The van der Waals surface area contributed by atoms with Gasteiger partial charge in [-0.1, -0.05) is 102 Å². The zero-order valence-corrected chi connectivity index (χ0v) is 15.4. The van der Waals surface area contributed by atoms with Crippen LogP contribution < -0.4 is 0 Å². The van der Waals surface area contributed by atoms with Crippen molar-refractivity contribution in [1.29, 1.82) is 0 Å². The fraction of sp³-hybridized carbons (Fsp3) is 0.667. The van der Waals surface area contributed by atoms with E-state index in [1.807, 2.05) is 0 Å². The van der Waals surface area contributed by atoms with Crippen LogP contribution in [0.25, 0.3) is 0 Å². The third-order valence-electron chi connectivity index (χ3n) is 4.55. The first-order chi connectivity index (χ1) is 11.2. The predicted molar refractivity (Wildman–Crippen MR) is 101 cm³/mol. The summed E-state index contributed by atoms with van der Waals surface area (Å²) in [5.41, 5.74) is 3.20. The van der Waals surface area contributed by atoms with E-state index >= 15 is 0 Å². The molecule has 2 heteroatoms. The largest absolute Gasteiger partial charge is 0.411 e. The minimum absolute atomic E-state index is 0.538. The van der Waals surface area contributed by atoms with Gasteiger partial charge in [0.2, 0.25) is 0 Å². The Hall–Kier alpha value is -1.31. The minimum atomic E-state index is 0.538. The van der Waals surface area contributed by atoms with E-state index in [4.69, 9.17) is 0 Å².